The van der Waals surface area contributed by atoms with Gasteiger partial charge in [0.25, 0.3) is 0 Å². The molecule has 4 nitrogen and oxygen atoms in total. The zero-order valence-electron chi connectivity index (χ0n) is 10.7. The van der Waals surface area contributed by atoms with Gasteiger partial charge in [0, 0.05) is 26.2 Å². The van der Waals surface area contributed by atoms with E-state index in [1.165, 1.54) is 0 Å². The lowest BCUT2D eigenvalue weighted by Gasteiger charge is -2.31. The molecule has 1 aliphatic rings. The Morgan fingerprint density at radius 2 is 2.47 bits per heavy atom. The Labute approximate surface area is 103 Å². The molecule has 0 amide bonds. The van der Waals surface area contributed by atoms with Crippen molar-refractivity contribution in [2.24, 2.45) is 0 Å². The maximum Gasteiger partial charge on any atom is 0.120 e. The first-order valence-electron chi connectivity index (χ1n) is 6.36. The molecular weight excluding hydrogens is 216 g/mol. The van der Waals surface area contributed by atoms with Crippen LogP contribution in [0.25, 0.3) is 0 Å². The van der Waals surface area contributed by atoms with Crippen LogP contribution in [0, 0.1) is 0 Å². The molecule has 1 N–H and O–H groups in total. The molecule has 2 atom stereocenters. The fraction of sp³-hybridized carbons (Fsp3) is 0.692. The Hall–Kier alpha value is -0.840. The third-order valence-corrected chi connectivity index (χ3v) is 3.17. The highest BCUT2D eigenvalue weighted by molar-refractivity contribution is 5.02. The molecule has 1 aromatic heterocycles. The normalized spacial score (nSPS) is 23.8. The molecule has 0 spiro atoms. The second-order valence-electron chi connectivity index (χ2n) is 4.67. The number of hydrogen-bond donors (Lipinski definition) is 1. The lowest BCUT2D eigenvalue weighted by molar-refractivity contribution is -0.0178. The number of ether oxygens (including phenoxy) is 1. The van der Waals surface area contributed by atoms with E-state index in [9.17, 15) is 0 Å². The molecule has 1 aliphatic heterocycles. The minimum absolute atomic E-state index is 0.281. The van der Waals surface area contributed by atoms with Crippen molar-refractivity contribution >= 4 is 0 Å². The summed E-state index contributed by atoms with van der Waals surface area (Å²) in [5, 5.41) is 3.47. The van der Waals surface area contributed by atoms with Gasteiger partial charge in [-0.25, -0.2) is 0 Å². The summed E-state index contributed by atoms with van der Waals surface area (Å²) in [7, 11) is 0. The number of nitrogens with zero attached hydrogens (tertiary/aromatic N) is 1. The summed E-state index contributed by atoms with van der Waals surface area (Å²) in [6.45, 7) is 9.24. The lowest BCUT2D eigenvalue weighted by Crippen LogP contribution is -2.44. The second kappa shape index (κ2) is 6.19. The van der Waals surface area contributed by atoms with Crippen LogP contribution >= 0.6 is 0 Å². The molecule has 0 aliphatic carbocycles. The third kappa shape index (κ3) is 3.84. The number of morpholine rings is 1. The van der Waals surface area contributed by atoms with Crippen molar-refractivity contribution in [3.8, 4) is 0 Å². The van der Waals surface area contributed by atoms with Gasteiger partial charge in [0.1, 0.15) is 5.76 Å². The number of hydrogen-bond acceptors (Lipinski definition) is 4. The SMILES string of the molecule is CC1CN(CCNC(C)c2ccco2)CCO1. The summed E-state index contributed by atoms with van der Waals surface area (Å²) in [6.07, 6.45) is 2.09. The molecule has 0 aromatic carbocycles. The van der Waals surface area contributed by atoms with Crippen LogP contribution in [0.5, 0.6) is 0 Å². The minimum atomic E-state index is 0.281. The van der Waals surface area contributed by atoms with E-state index in [2.05, 4.69) is 24.1 Å². The molecule has 2 heterocycles. The van der Waals surface area contributed by atoms with Crippen LogP contribution in [0.1, 0.15) is 25.6 Å². The van der Waals surface area contributed by atoms with Crippen LogP contribution in [-0.4, -0.2) is 43.8 Å². The van der Waals surface area contributed by atoms with E-state index in [1.807, 2.05) is 12.1 Å². The number of rotatable bonds is 5. The largest absolute Gasteiger partial charge is 0.468 e. The Balaban J connectivity index is 1.65. The smallest absolute Gasteiger partial charge is 0.120 e. The van der Waals surface area contributed by atoms with E-state index in [4.69, 9.17) is 9.15 Å². The monoisotopic (exact) mass is 238 g/mol. The lowest BCUT2D eigenvalue weighted by atomic mass is 10.2. The highest BCUT2D eigenvalue weighted by Gasteiger charge is 2.16. The molecule has 2 unspecified atom stereocenters. The molecule has 0 radical (unpaired) electrons. The average molecular weight is 238 g/mol. The van der Waals surface area contributed by atoms with Crippen molar-refractivity contribution in [2.45, 2.75) is 26.0 Å². The van der Waals surface area contributed by atoms with Crippen molar-refractivity contribution in [3.05, 3.63) is 24.2 Å². The van der Waals surface area contributed by atoms with Crippen LogP contribution in [-0.2, 0) is 4.74 Å². The van der Waals surface area contributed by atoms with Crippen molar-refractivity contribution in [2.75, 3.05) is 32.8 Å². The van der Waals surface area contributed by atoms with Crippen LogP contribution in [0.15, 0.2) is 22.8 Å². The van der Waals surface area contributed by atoms with Gasteiger partial charge < -0.3 is 14.5 Å². The van der Waals surface area contributed by atoms with Crippen LogP contribution in [0.3, 0.4) is 0 Å². The van der Waals surface area contributed by atoms with E-state index >= 15 is 0 Å². The molecule has 4 heteroatoms. The molecule has 1 saturated heterocycles. The van der Waals surface area contributed by atoms with Crippen LogP contribution in [0.4, 0.5) is 0 Å². The first-order chi connectivity index (χ1) is 8.25. The van der Waals surface area contributed by atoms with Gasteiger partial charge in [0.05, 0.1) is 25.0 Å². The van der Waals surface area contributed by atoms with Gasteiger partial charge in [-0.2, -0.15) is 0 Å². The van der Waals surface area contributed by atoms with E-state index in [1.54, 1.807) is 6.26 Å². The number of furan rings is 1. The first kappa shape index (κ1) is 12.6. The Morgan fingerprint density at radius 1 is 1.59 bits per heavy atom. The fourth-order valence-electron chi connectivity index (χ4n) is 2.17. The fourth-order valence-corrected chi connectivity index (χ4v) is 2.17. The molecule has 0 bridgehead atoms. The average Bonchev–Trinajstić information content (AvgIpc) is 2.82. The summed E-state index contributed by atoms with van der Waals surface area (Å²) in [5.74, 6) is 1.00. The van der Waals surface area contributed by atoms with E-state index in [0.717, 1.165) is 38.5 Å². The summed E-state index contributed by atoms with van der Waals surface area (Å²) in [6, 6.07) is 4.22. The van der Waals surface area contributed by atoms with E-state index in [-0.39, 0.29) is 6.04 Å². The molecule has 1 fully saturated rings. The van der Waals surface area contributed by atoms with Crippen LogP contribution < -0.4 is 5.32 Å². The standard InChI is InChI=1S/C13H22N2O2/c1-11-10-15(7-9-16-11)6-5-14-12(2)13-4-3-8-17-13/h3-4,8,11-12,14H,5-7,9-10H2,1-2H3. The quantitative estimate of drug-likeness (QED) is 0.846. The molecule has 96 valence electrons. The molecule has 17 heavy (non-hydrogen) atoms. The highest BCUT2D eigenvalue weighted by Crippen LogP contribution is 2.11. The van der Waals surface area contributed by atoms with Gasteiger partial charge in [-0.3, -0.25) is 4.90 Å². The highest BCUT2D eigenvalue weighted by atomic mass is 16.5. The van der Waals surface area contributed by atoms with Gasteiger partial charge in [0.2, 0.25) is 0 Å². The Kier molecular flexibility index (Phi) is 4.59. The predicted molar refractivity (Wildman–Crippen MR) is 67.0 cm³/mol. The van der Waals surface area contributed by atoms with Gasteiger partial charge in [-0.15, -0.1) is 0 Å². The Bertz CT molecular complexity index is 313. The van der Waals surface area contributed by atoms with Gasteiger partial charge >= 0.3 is 0 Å². The topological polar surface area (TPSA) is 37.6 Å². The van der Waals surface area contributed by atoms with Gasteiger partial charge in [-0.1, -0.05) is 0 Å². The summed E-state index contributed by atoms with van der Waals surface area (Å²) in [4.78, 5) is 2.44. The third-order valence-electron chi connectivity index (χ3n) is 3.17. The van der Waals surface area contributed by atoms with Crippen molar-refractivity contribution < 1.29 is 9.15 Å². The van der Waals surface area contributed by atoms with E-state index in [0.29, 0.717) is 6.10 Å². The second-order valence-corrected chi connectivity index (χ2v) is 4.67. The zero-order valence-corrected chi connectivity index (χ0v) is 10.7. The van der Waals surface area contributed by atoms with Crippen LogP contribution in [0.2, 0.25) is 0 Å². The summed E-state index contributed by atoms with van der Waals surface area (Å²) < 4.78 is 10.9. The zero-order chi connectivity index (χ0) is 12.1. The summed E-state index contributed by atoms with van der Waals surface area (Å²) >= 11 is 0. The predicted octanol–water partition coefficient (Wildman–Crippen LogP) is 1.65. The molecule has 1 aromatic rings. The maximum atomic E-state index is 5.52. The molecule has 0 saturated carbocycles. The van der Waals surface area contributed by atoms with Crippen molar-refractivity contribution in [3.63, 3.8) is 0 Å². The van der Waals surface area contributed by atoms with E-state index < -0.39 is 0 Å². The van der Waals surface area contributed by atoms with Crippen molar-refractivity contribution in [1.29, 1.82) is 0 Å². The Morgan fingerprint density at radius 3 is 3.18 bits per heavy atom. The van der Waals surface area contributed by atoms with Crippen molar-refractivity contribution in [1.82, 2.24) is 10.2 Å². The van der Waals surface area contributed by atoms with Gasteiger partial charge in [-0.05, 0) is 26.0 Å². The molecular formula is C13H22N2O2. The number of nitrogens with one attached hydrogen (secondary N) is 1. The minimum Gasteiger partial charge on any atom is -0.468 e. The first-order valence-corrected chi connectivity index (χ1v) is 6.36. The summed E-state index contributed by atoms with van der Waals surface area (Å²) in [5.41, 5.74) is 0. The molecule has 2 rings (SSSR count). The maximum absolute atomic E-state index is 5.52. The van der Waals surface area contributed by atoms with Gasteiger partial charge in [0.15, 0.2) is 0 Å².